The number of carbonyl (C=O) groups is 2. The lowest BCUT2D eigenvalue weighted by Gasteiger charge is -2.13. The van der Waals surface area contributed by atoms with Gasteiger partial charge in [-0.25, -0.2) is 4.98 Å². The molecule has 0 spiro atoms. The zero-order valence-electron chi connectivity index (χ0n) is 16.8. The number of benzene rings is 1. The summed E-state index contributed by atoms with van der Waals surface area (Å²) in [6, 6.07) is 11.7. The zero-order chi connectivity index (χ0) is 20.4. The van der Waals surface area contributed by atoms with E-state index in [9.17, 15) is 9.59 Å². The average molecular weight is 427 g/mol. The molecule has 3 heterocycles. The molecule has 0 unspecified atom stereocenters. The molecule has 3 aromatic rings. The Morgan fingerprint density at radius 3 is 2.90 bits per heavy atom. The summed E-state index contributed by atoms with van der Waals surface area (Å²) in [5.41, 5.74) is 2.54. The van der Waals surface area contributed by atoms with E-state index in [1.54, 1.807) is 24.2 Å². The van der Waals surface area contributed by atoms with Crippen molar-refractivity contribution in [3.05, 3.63) is 65.6 Å². The summed E-state index contributed by atoms with van der Waals surface area (Å²) in [4.78, 5) is 32.1. The Kier molecular flexibility index (Phi) is 6.54. The highest BCUT2D eigenvalue weighted by Crippen LogP contribution is 2.21. The Morgan fingerprint density at radius 2 is 2.10 bits per heavy atom. The van der Waals surface area contributed by atoms with Crippen LogP contribution in [0, 0.1) is 0 Å². The van der Waals surface area contributed by atoms with Gasteiger partial charge in [0.15, 0.2) is 0 Å². The van der Waals surface area contributed by atoms with Crippen LogP contribution < -0.4 is 5.32 Å². The van der Waals surface area contributed by atoms with Gasteiger partial charge in [0.2, 0.25) is 11.8 Å². The summed E-state index contributed by atoms with van der Waals surface area (Å²) in [6.07, 6.45) is 4.90. The highest BCUT2D eigenvalue weighted by atomic mass is 35.5. The van der Waals surface area contributed by atoms with Crippen molar-refractivity contribution in [2.75, 3.05) is 26.0 Å². The summed E-state index contributed by atoms with van der Waals surface area (Å²) in [5, 5.41) is 3.82. The van der Waals surface area contributed by atoms with E-state index in [1.807, 2.05) is 48.3 Å². The number of fused-ring (bicyclic) bond motifs is 2. The lowest BCUT2D eigenvalue weighted by atomic mass is 10.1. The van der Waals surface area contributed by atoms with Gasteiger partial charge in [0.1, 0.15) is 17.2 Å². The maximum Gasteiger partial charge on any atom is 0.246 e. The van der Waals surface area contributed by atoms with Gasteiger partial charge < -0.3 is 14.6 Å². The van der Waals surface area contributed by atoms with Gasteiger partial charge >= 0.3 is 0 Å². The molecule has 0 atom stereocenters. The van der Waals surface area contributed by atoms with Gasteiger partial charge in [-0.2, -0.15) is 0 Å². The minimum absolute atomic E-state index is 0. The number of amides is 2. The predicted molar refractivity (Wildman–Crippen MR) is 118 cm³/mol. The van der Waals surface area contributed by atoms with Crippen LogP contribution >= 0.6 is 12.4 Å². The van der Waals surface area contributed by atoms with E-state index in [0.717, 1.165) is 27.9 Å². The molecule has 0 fully saturated rings. The van der Waals surface area contributed by atoms with E-state index >= 15 is 0 Å². The largest absolute Gasteiger partial charge is 0.459 e. The number of aromatic nitrogens is 1. The number of halogens is 1. The van der Waals surface area contributed by atoms with Crippen molar-refractivity contribution in [3.8, 4) is 0 Å². The molecule has 0 saturated carbocycles. The molecular weight excluding hydrogens is 404 g/mol. The molecule has 2 amide bonds. The van der Waals surface area contributed by atoms with Gasteiger partial charge in [-0.05, 0) is 36.9 Å². The molecule has 0 bridgehead atoms. The van der Waals surface area contributed by atoms with Gasteiger partial charge in [0, 0.05) is 36.8 Å². The van der Waals surface area contributed by atoms with Crippen LogP contribution in [0.2, 0.25) is 0 Å². The number of carbonyl (C=O) groups excluding carboxylic acids is 2. The van der Waals surface area contributed by atoms with E-state index in [4.69, 9.17) is 4.42 Å². The van der Waals surface area contributed by atoms with Crippen LogP contribution in [-0.2, 0) is 22.7 Å². The van der Waals surface area contributed by atoms with Crippen molar-refractivity contribution < 1.29 is 14.0 Å². The predicted octanol–water partition coefficient (Wildman–Crippen LogP) is 3.31. The third-order valence-corrected chi connectivity index (χ3v) is 4.76. The Balaban J connectivity index is 0.00000256. The summed E-state index contributed by atoms with van der Waals surface area (Å²) in [7, 11) is 3.62. The van der Waals surface area contributed by atoms with E-state index in [-0.39, 0.29) is 24.2 Å². The number of rotatable bonds is 4. The molecule has 1 aliphatic heterocycles. The molecule has 8 heteroatoms. The first-order chi connectivity index (χ1) is 14.0. The topological polar surface area (TPSA) is 78.7 Å². The second-order valence-electron chi connectivity index (χ2n) is 7.28. The van der Waals surface area contributed by atoms with Crippen LogP contribution in [0.15, 0.2) is 53.1 Å². The van der Waals surface area contributed by atoms with Crippen molar-refractivity contribution in [2.45, 2.75) is 13.1 Å². The molecular formula is C22H23ClN4O3. The van der Waals surface area contributed by atoms with Crippen LogP contribution in [0.25, 0.3) is 17.0 Å². The molecule has 4 rings (SSSR count). The summed E-state index contributed by atoms with van der Waals surface area (Å²) in [6.45, 7) is 1.33. The highest BCUT2D eigenvalue weighted by Gasteiger charge is 2.17. The fraction of sp³-hybridized carbons (Fsp3) is 0.227. The van der Waals surface area contributed by atoms with Gasteiger partial charge in [-0.15, -0.1) is 12.4 Å². The van der Waals surface area contributed by atoms with E-state index < -0.39 is 0 Å². The first-order valence-electron chi connectivity index (χ1n) is 9.36. The van der Waals surface area contributed by atoms with Crippen molar-refractivity contribution >= 4 is 47.1 Å². The maximum atomic E-state index is 12.5. The van der Waals surface area contributed by atoms with E-state index in [0.29, 0.717) is 25.5 Å². The van der Waals surface area contributed by atoms with Crippen LogP contribution in [0.3, 0.4) is 0 Å². The van der Waals surface area contributed by atoms with Gasteiger partial charge in [-0.1, -0.05) is 18.2 Å². The minimum Gasteiger partial charge on any atom is -0.459 e. The molecule has 1 aliphatic rings. The van der Waals surface area contributed by atoms with Crippen LogP contribution in [0.5, 0.6) is 0 Å². The Morgan fingerprint density at radius 1 is 1.30 bits per heavy atom. The number of furan rings is 1. The lowest BCUT2D eigenvalue weighted by molar-refractivity contribution is -0.125. The molecule has 1 aromatic carbocycles. The van der Waals surface area contributed by atoms with Crippen LogP contribution in [0.1, 0.15) is 16.9 Å². The summed E-state index contributed by atoms with van der Waals surface area (Å²) < 4.78 is 5.78. The number of hydrogen-bond donors (Lipinski definition) is 1. The third kappa shape index (κ3) is 4.87. The fourth-order valence-electron chi connectivity index (χ4n) is 3.34. The van der Waals surface area contributed by atoms with Crippen molar-refractivity contribution in [1.82, 2.24) is 14.8 Å². The monoisotopic (exact) mass is 426 g/mol. The van der Waals surface area contributed by atoms with E-state index in [2.05, 4.69) is 10.3 Å². The third-order valence-electron chi connectivity index (χ3n) is 4.76. The number of likely N-dealkylation sites (N-methyl/N-ethyl adjacent to an activating group) is 2. The number of anilines is 1. The number of para-hydroxylation sites is 1. The number of nitrogens with one attached hydrogen (secondary N) is 1. The Hall–Kier alpha value is -3.16. The molecule has 7 nitrogen and oxygen atoms in total. The molecule has 0 aliphatic carbocycles. The minimum atomic E-state index is -0.134. The molecule has 2 aromatic heterocycles. The normalized spacial score (nSPS) is 14.1. The smallest absolute Gasteiger partial charge is 0.246 e. The summed E-state index contributed by atoms with van der Waals surface area (Å²) in [5.74, 6) is 1.10. The quantitative estimate of drug-likeness (QED) is 0.647. The second kappa shape index (κ2) is 9.11. The highest BCUT2D eigenvalue weighted by molar-refractivity contribution is 5.93. The SMILES string of the molecule is CN1CC(=O)Nc2ncc(/C=C/C(=O)N(C)Cc3cc4ccccc4o3)cc2C1.Cl. The van der Waals surface area contributed by atoms with Crippen molar-refractivity contribution in [3.63, 3.8) is 0 Å². The first kappa shape index (κ1) is 21.5. The lowest BCUT2D eigenvalue weighted by Crippen LogP contribution is -2.26. The van der Waals surface area contributed by atoms with Crippen LogP contribution in [-0.4, -0.2) is 47.2 Å². The Bertz CT molecular complexity index is 1080. The molecule has 0 radical (unpaired) electrons. The Labute approximate surface area is 180 Å². The number of pyridine rings is 1. The molecule has 156 valence electrons. The maximum absolute atomic E-state index is 12.5. The standard InChI is InChI=1S/C22H22N4O3.ClH/c1-25-12-17-9-15(11-23-22(17)24-20(27)14-25)7-8-21(28)26(2)13-18-10-16-5-3-4-6-19(16)29-18;/h3-11H,12-14H2,1-2H3,(H,23,24,27);1H/b8-7+;. The number of nitrogens with zero attached hydrogens (tertiary/aromatic N) is 3. The first-order valence-corrected chi connectivity index (χ1v) is 9.36. The van der Waals surface area contributed by atoms with Gasteiger partial charge in [-0.3, -0.25) is 14.5 Å². The number of hydrogen-bond acceptors (Lipinski definition) is 5. The summed E-state index contributed by atoms with van der Waals surface area (Å²) >= 11 is 0. The molecule has 1 N–H and O–H groups in total. The van der Waals surface area contributed by atoms with Crippen molar-refractivity contribution in [1.29, 1.82) is 0 Å². The van der Waals surface area contributed by atoms with Crippen LogP contribution in [0.4, 0.5) is 5.82 Å². The van der Waals surface area contributed by atoms with Gasteiger partial charge in [0.05, 0.1) is 13.1 Å². The van der Waals surface area contributed by atoms with E-state index in [1.165, 1.54) is 6.08 Å². The zero-order valence-corrected chi connectivity index (χ0v) is 17.6. The fourth-order valence-corrected chi connectivity index (χ4v) is 3.34. The van der Waals surface area contributed by atoms with Crippen molar-refractivity contribution in [2.24, 2.45) is 0 Å². The second-order valence-corrected chi connectivity index (χ2v) is 7.28. The van der Waals surface area contributed by atoms with Gasteiger partial charge in [0.25, 0.3) is 0 Å². The molecule has 0 saturated heterocycles. The molecule has 30 heavy (non-hydrogen) atoms. The average Bonchev–Trinajstić information content (AvgIpc) is 3.02.